The molecule has 2 aromatic carbocycles. The van der Waals surface area contributed by atoms with E-state index in [1.807, 2.05) is 0 Å². The monoisotopic (exact) mass is 441 g/mol. The van der Waals surface area contributed by atoms with Gasteiger partial charge in [-0.3, -0.25) is 4.98 Å². The number of carboxylic acid groups (broad SMARTS) is 1. The molecule has 5 heteroatoms. The lowest BCUT2D eigenvalue weighted by atomic mass is 9.89. The number of nitrogens with one attached hydrogen (secondary N) is 1. The number of hydrogen-bond donors (Lipinski definition) is 2. The number of aromatic carboxylic acids is 1. The fourth-order valence-electron chi connectivity index (χ4n) is 4.90. The fraction of sp³-hybridized carbons (Fsp3) is 0.357. The van der Waals surface area contributed by atoms with Crippen molar-refractivity contribution in [3.8, 4) is 0 Å². The number of aryl methyl sites for hydroxylation is 1. The van der Waals surface area contributed by atoms with Gasteiger partial charge in [0, 0.05) is 36.9 Å². The first kappa shape index (κ1) is 21.7. The summed E-state index contributed by atoms with van der Waals surface area (Å²) >= 11 is 0. The highest BCUT2D eigenvalue weighted by Gasteiger charge is 2.23. The maximum absolute atomic E-state index is 11.5. The number of carboxylic acids is 1. The Bertz CT molecular complexity index is 1140. The Kier molecular flexibility index (Phi) is 6.14. The number of pyridine rings is 1. The lowest BCUT2D eigenvalue weighted by molar-refractivity contribution is 0.0695. The van der Waals surface area contributed by atoms with Gasteiger partial charge in [0.25, 0.3) is 0 Å². The van der Waals surface area contributed by atoms with Crippen LogP contribution in [-0.2, 0) is 19.3 Å². The third kappa shape index (κ3) is 4.93. The predicted octanol–water partition coefficient (Wildman–Crippen LogP) is 5.32. The van der Waals surface area contributed by atoms with Crippen molar-refractivity contribution in [1.29, 1.82) is 0 Å². The van der Waals surface area contributed by atoms with Crippen LogP contribution < -0.4 is 10.2 Å². The molecule has 0 bridgehead atoms. The molecule has 1 atom stereocenters. The first-order chi connectivity index (χ1) is 16.1. The smallest absolute Gasteiger partial charge is 0.336 e. The number of hydrogen-bond acceptors (Lipinski definition) is 4. The van der Waals surface area contributed by atoms with Gasteiger partial charge in [0.15, 0.2) is 0 Å². The van der Waals surface area contributed by atoms with Crippen LogP contribution >= 0.6 is 0 Å². The Labute approximate surface area is 195 Å². The zero-order valence-corrected chi connectivity index (χ0v) is 19.1. The maximum Gasteiger partial charge on any atom is 0.336 e. The van der Waals surface area contributed by atoms with Gasteiger partial charge in [0.05, 0.1) is 5.56 Å². The molecule has 1 fully saturated rings. The Morgan fingerprint density at radius 1 is 1.12 bits per heavy atom. The van der Waals surface area contributed by atoms with Crippen molar-refractivity contribution in [3.63, 3.8) is 0 Å². The highest BCUT2D eigenvalue weighted by Crippen LogP contribution is 2.34. The normalized spacial score (nSPS) is 17.4. The SMILES string of the molecule is CN(c1ccc(CC2CC2)cc1)c1ccc2c(c1)CCN[C@H]2CCc1cnccc1C(=O)O. The van der Waals surface area contributed by atoms with Crippen molar-refractivity contribution in [1.82, 2.24) is 10.3 Å². The zero-order valence-electron chi connectivity index (χ0n) is 19.1. The summed E-state index contributed by atoms with van der Waals surface area (Å²) in [4.78, 5) is 17.9. The van der Waals surface area contributed by atoms with Gasteiger partial charge in [-0.2, -0.15) is 0 Å². The molecule has 33 heavy (non-hydrogen) atoms. The van der Waals surface area contributed by atoms with Crippen molar-refractivity contribution in [3.05, 3.63) is 88.7 Å². The predicted molar refractivity (Wildman–Crippen MR) is 131 cm³/mol. The van der Waals surface area contributed by atoms with Gasteiger partial charge < -0.3 is 15.3 Å². The van der Waals surface area contributed by atoms with Crippen LogP contribution in [0.3, 0.4) is 0 Å². The Morgan fingerprint density at radius 3 is 2.67 bits per heavy atom. The molecule has 0 radical (unpaired) electrons. The number of aromatic nitrogens is 1. The van der Waals surface area contributed by atoms with Crippen LogP contribution in [0.5, 0.6) is 0 Å². The van der Waals surface area contributed by atoms with E-state index in [4.69, 9.17) is 0 Å². The third-order valence-corrected chi connectivity index (χ3v) is 7.06. The van der Waals surface area contributed by atoms with E-state index in [-0.39, 0.29) is 6.04 Å². The molecule has 0 amide bonds. The largest absolute Gasteiger partial charge is 0.478 e. The van der Waals surface area contributed by atoms with E-state index in [9.17, 15) is 9.90 Å². The van der Waals surface area contributed by atoms with E-state index >= 15 is 0 Å². The topological polar surface area (TPSA) is 65.5 Å². The van der Waals surface area contributed by atoms with Gasteiger partial charge in [-0.25, -0.2) is 4.79 Å². The van der Waals surface area contributed by atoms with Crippen LogP contribution in [0.25, 0.3) is 0 Å². The van der Waals surface area contributed by atoms with Gasteiger partial charge in [-0.1, -0.05) is 18.2 Å². The summed E-state index contributed by atoms with van der Waals surface area (Å²) in [5.74, 6) is 0.0160. The molecule has 1 saturated carbocycles. The molecule has 0 saturated heterocycles. The van der Waals surface area contributed by atoms with Gasteiger partial charge in [0.1, 0.15) is 0 Å². The highest BCUT2D eigenvalue weighted by molar-refractivity contribution is 5.89. The molecule has 0 unspecified atom stereocenters. The number of benzene rings is 2. The molecular weight excluding hydrogens is 410 g/mol. The van der Waals surface area contributed by atoms with E-state index in [1.165, 1.54) is 47.3 Å². The molecule has 5 nitrogen and oxygen atoms in total. The quantitative estimate of drug-likeness (QED) is 0.495. The lowest BCUT2D eigenvalue weighted by Gasteiger charge is -2.29. The zero-order chi connectivity index (χ0) is 22.8. The molecule has 1 aliphatic heterocycles. The summed E-state index contributed by atoms with van der Waals surface area (Å²) in [5, 5.41) is 13.1. The second-order valence-corrected chi connectivity index (χ2v) is 9.39. The molecule has 2 aliphatic rings. The Morgan fingerprint density at radius 2 is 1.91 bits per heavy atom. The first-order valence-corrected chi connectivity index (χ1v) is 11.9. The van der Waals surface area contributed by atoms with E-state index in [2.05, 4.69) is 64.7 Å². The third-order valence-electron chi connectivity index (χ3n) is 7.06. The minimum Gasteiger partial charge on any atom is -0.478 e. The van der Waals surface area contributed by atoms with E-state index in [0.717, 1.165) is 30.9 Å². The van der Waals surface area contributed by atoms with Crippen LogP contribution in [-0.4, -0.2) is 29.7 Å². The highest BCUT2D eigenvalue weighted by atomic mass is 16.4. The number of anilines is 2. The summed E-state index contributed by atoms with van der Waals surface area (Å²) in [7, 11) is 2.13. The molecule has 2 heterocycles. The van der Waals surface area contributed by atoms with E-state index in [0.29, 0.717) is 12.0 Å². The molecule has 3 aromatic rings. The second kappa shape index (κ2) is 9.36. The van der Waals surface area contributed by atoms with Crippen molar-refractivity contribution in [2.24, 2.45) is 5.92 Å². The first-order valence-electron chi connectivity index (χ1n) is 11.9. The molecule has 1 aromatic heterocycles. The number of fused-ring (bicyclic) bond motifs is 1. The average molecular weight is 442 g/mol. The number of carbonyl (C=O) groups is 1. The summed E-state index contributed by atoms with van der Waals surface area (Å²) < 4.78 is 0. The minimum absolute atomic E-state index is 0.219. The maximum atomic E-state index is 11.5. The summed E-state index contributed by atoms with van der Waals surface area (Å²) in [6, 6.07) is 17.6. The van der Waals surface area contributed by atoms with Gasteiger partial charge in [-0.05, 0) is 104 Å². The summed E-state index contributed by atoms with van der Waals surface area (Å²) in [6.07, 6.45) is 9.73. The van der Waals surface area contributed by atoms with Crippen LogP contribution in [0, 0.1) is 5.92 Å². The molecule has 5 rings (SSSR count). The molecule has 1 aliphatic carbocycles. The van der Waals surface area contributed by atoms with Crippen molar-refractivity contribution >= 4 is 17.3 Å². The fourth-order valence-corrected chi connectivity index (χ4v) is 4.90. The van der Waals surface area contributed by atoms with Crippen LogP contribution in [0.2, 0.25) is 0 Å². The van der Waals surface area contributed by atoms with Crippen LogP contribution in [0.15, 0.2) is 60.9 Å². The van der Waals surface area contributed by atoms with Gasteiger partial charge >= 0.3 is 5.97 Å². The minimum atomic E-state index is -0.891. The average Bonchev–Trinajstić information content (AvgIpc) is 3.66. The van der Waals surface area contributed by atoms with Gasteiger partial charge in [-0.15, -0.1) is 0 Å². The summed E-state index contributed by atoms with van der Waals surface area (Å²) in [5.41, 5.74) is 7.68. The Hall–Kier alpha value is -3.18. The molecule has 2 N–H and O–H groups in total. The van der Waals surface area contributed by atoms with Crippen molar-refractivity contribution < 1.29 is 9.90 Å². The van der Waals surface area contributed by atoms with Gasteiger partial charge in [0.2, 0.25) is 0 Å². The van der Waals surface area contributed by atoms with Crippen molar-refractivity contribution in [2.45, 2.75) is 44.6 Å². The van der Waals surface area contributed by atoms with E-state index < -0.39 is 5.97 Å². The van der Waals surface area contributed by atoms with Crippen LogP contribution in [0.4, 0.5) is 11.4 Å². The van der Waals surface area contributed by atoms with Crippen LogP contribution in [0.1, 0.15) is 57.9 Å². The number of rotatable bonds is 8. The summed E-state index contributed by atoms with van der Waals surface area (Å²) in [6.45, 7) is 0.930. The van der Waals surface area contributed by atoms with E-state index in [1.54, 1.807) is 18.5 Å². The second-order valence-electron chi connectivity index (χ2n) is 9.39. The number of nitrogens with zero attached hydrogens (tertiary/aromatic N) is 2. The standard InChI is InChI=1S/C28H31N3O2/c1-31(23-7-4-20(5-8-23)16-19-2-3-19)24-9-10-25-21(17-24)12-15-30-27(25)11-6-22-18-29-14-13-26(22)28(32)33/h4-5,7-10,13-14,17-19,27,30H,2-3,6,11-12,15-16H2,1H3,(H,32,33)/t27-/m0/s1. The molecule has 0 spiro atoms. The molecule has 170 valence electrons. The lowest BCUT2D eigenvalue weighted by Crippen LogP contribution is -2.30. The van der Waals surface area contributed by atoms with Crippen molar-refractivity contribution in [2.75, 3.05) is 18.5 Å². The molecular formula is C28H31N3O2. The Balaban J connectivity index is 1.29.